The predicted molar refractivity (Wildman–Crippen MR) is 174 cm³/mol. The normalized spacial score (nSPS) is 11.7. The number of nitro groups is 1. The third-order valence-corrected chi connectivity index (χ3v) is 12.9. The Morgan fingerprint density at radius 3 is 2.16 bits per heavy atom. The summed E-state index contributed by atoms with van der Waals surface area (Å²) in [5, 5.41) is 24.7. The SMILES string of the molecule is CN(Cc1ccnc(CO[Si](c2ccccc2)(c2ccccc2)C(C)(C)C)c1)c1ccc([N+](=O)[O-])c2c(C#N)cccc12. The summed E-state index contributed by atoms with van der Waals surface area (Å²) in [6.45, 7) is 7.66. The fraction of sp³-hybridized carbons (Fsp3) is 0.200. The fourth-order valence-corrected chi connectivity index (χ4v) is 10.5. The van der Waals surface area contributed by atoms with Gasteiger partial charge in [0.2, 0.25) is 0 Å². The molecule has 4 aromatic carbocycles. The zero-order valence-corrected chi connectivity index (χ0v) is 25.8. The van der Waals surface area contributed by atoms with E-state index in [1.165, 1.54) is 16.4 Å². The molecule has 0 N–H and O–H groups in total. The number of anilines is 1. The maximum Gasteiger partial charge on any atom is 0.278 e. The van der Waals surface area contributed by atoms with Crippen LogP contribution in [0.25, 0.3) is 10.8 Å². The smallest absolute Gasteiger partial charge is 0.278 e. The molecule has 1 heterocycles. The Morgan fingerprint density at radius 1 is 0.930 bits per heavy atom. The minimum absolute atomic E-state index is 0.0732. The molecule has 43 heavy (non-hydrogen) atoms. The number of pyridine rings is 1. The molecule has 0 saturated carbocycles. The second-order valence-corrected chi connectivity index (χ2v) is 16.0. The van der Waals surface area contributed by atoms with Crippen LogP contribution in [0, 0.1) is 21.4 Å². The van der Waals surface area contributed by atoms with E-state index in [1.54, 1.807) is 24.4 Å². The van der Waals surface area contributed by atoms with E-state index in [2.05, 4.69) is 86.4 Å². The summed E-state index contributed by atoms with van der Waals surface area (Å²) in [4.78, 5) is 18.0. The molecule has 0 bridgehead atoms. The van der Waals surface area contributed by atoms with Crippen molar-refractivity contribution >= 4 is 40.8 Å². The van der Waals surface area contributed by atoms with Crippen LogP contribution in [0.2, 0.25) is 5.04 Å². The Balaban J connectivity index is 1.46. The molecule has 0 radical (unpaired) electrons. The molecule has 0 amide bonds. The number of fused-ring (bicyclic) bond motifs is 1. The molecule has 0 unspecified atom stereocenters. The lowest BCUT2D eigenvalue weighted by atomic mass is 10.0. The summed E-state index contributed by atoms with van der Waals surface area (Å²) in [5.74, 6) is 0. The van der Waals surface area contributed by atoms with Crippen LogP contribution < -0.4 is 15.3 Å². The number of hydrogen-bond donors (Lipinski definition) is 0. The molecule has 0 fully saturated rings. The van der Waals surface area contributed by atoms with Gasteiger partial charge in [0.25, 0.3) is 14.0 Å². The van der Waals surface area contributed by atoms with Gasteiger partial charge >= 0.3 is 0 Å². The van der Waals surface area contributed by atoms with Crippen LogP contribution in [-0.4, -0.2) is 25.3 Å². The van der Waals surface area contributed by atoms with Crippen LogP contribution in [0.4, 0.5) is 11.4 Å². The minimum Gasteiger partial charge on any atom is -0.402 e. The molecule has 0 saturated heterocycles. The number of benzene rings is 4. The van der Waals surface area contributed by atoms with Crippen molar-refractivity contribution in [1.82, 2.24) is 4.98 Å². The Kier molecular flexibility index (Phi) is 8.40. The van der Waals surface area contributed by atoms with Crippen molar-refractivity contribution in [2.24, 2.45) is 0 Å². The van der Waals surface area contributed by atoms with Crippen molar-refractivity contribution in [3.63, 3.8) is 0 Å². The zero-order chi connectivity index (χ0) is 30.6. The topological polar surface area (TPSA) is 92.3 Å². The Morgan fingerprint density at radius 2 is 1.58 bits per heavy atom. The number of rotatable bonds is 9. The third kappa shape index (κ3) is 5.78. The molecule has 8 heteroatoms. The number of nitrogens with zero attached hydrogens (tertiary/aromatic N) is 4. The van der Waals surface area contributed by atoms with Gasteiger partial charge in [-0.15, -0.1) is 0 Å². The van der Waals surface area contributed by atoms with Gasteiger partial charge in [-0.25, -0.2) is 0 Å². The number of nitro benzene ring substituents is 1. The highest BCUT2D eigenvalue weighted by Crippen LogP contribution is 2.38. The van der Waals surface area contributed by atoms with Crippen LogP contribution in [0.1, 0.15) is 37.6 Å². The molecular weight excluding hydrogens is 552 g/mol. The standard InChI is InChI=1S/C35H34N4O3Si/c1-35(2,3)43(29-13-7-5-8-14-29,30-15-9-6-10-16-30)42-25-28-22-26(20-21-37-28)24-38(4)32-18-19-33(39(40)41)34-27(23-36)12-11-17-31(32)34/h5-22H,24-25H2,1-4H3. The lowest BCUT2D eigenvalue weighted by molar-refractivity contribution is -0.383. The summed E-state index contributed by atoms with van der Waals surface area (Å²) in [5.41, 5.74) is 2.88. The van der Waals surface area contributed by atoms with E-state index in [-0.39, 0.29) is 16.3 Å². The van der Waals surface area contributed by atoms with E-state index < -0.39 is 13.2 Å². The summed E-state index contributed by atoms with van der Waals surface area (Å²) in [6.07, 6.45) is 1.80. The number of nitriles is 1. The first-order valence-electron chi connectivity index (χ1n) is 14.2. The second kappa shape index (κ2) is 12.2. The molecule has 5 aromatic rings. The van der Waals surface area contributed by atoms with Gasteiger partial charge in [-0.3, -0.25) is 15.1 Å². The van der Waals surface area contributed by atoms with E-state index in [4.69, 9.17) is 4.43 Å². The van der Waals surface area contributed by atoms with Gasteiger partial charge in [0.1, 0.15) is 6.07 Å². The molecule has 0 aliphatic heterocycles. The molecule has 0 spiro atoms. The van der Waals surface area contributed by atoms with Crippen LogP contribution in [0.5, 0.6) is 0 Å². The monoisotopic (exact) mass is 586 g/mol. The molecule has 5 rings (SSSR count). The number of non-ortho nitro benzene ring substituents is 1. The molecule has 1 aromatic heterocycles. The van der Waals surface area contributed by atoms with Gasteiger partial charge in [-0.1, -0.05) is 93.6 Å². The van der Waals surface area contributed by atoms with E-state index in [0.29, 0.717) is 23.9 Å². The summed E-state index contributed by atoms with van der Waals surface area (Å²) < 4.78 is 7.08. The first kappa shape index (κ1) is 29.6. The third-order valence-electron chi connectivity index (χ3n) is 7.88. The van der Waals surface area contributed by atoms with Crippen molar-refractivity contribution in [3.8, 4) is 6.07 Å². The van der Waals surface area contributed by atoms with Gasteiger partial charge in [-0.2, -0.15) is 5.26 Å². The Hall–Kier alpha value is -4.84. The van der Waals surface area contributed by atoms with Crippen molar-refractivity contribution in [2.75, 3.05) is 11.9 Å². The zero-order valence-electron chi connectivity index (χ0n) is 24.8. The van der Waals surface area contributed by atoms with Crippen molar-refractivity contribution < 1.29 is 9.35 Å². The van der Waals surface area contributed by atoms with Crippen LogP contribution in [0.3, 0.4) is 0 Å². The van der Waals surface area contributed by atoms with Crippen LogP contribution >= 0.6 is 0 Å². The van der Waals surface area contributed by atoms with E-state index in [0.717, 1.165) is 16.9 Å². The first-order chi connectivity index (χ1) is 20.7. The average molecular weight is 587 g/mol. The van der Waals surface area contributed by atoms with Gasteiger partial charge in [0.05, 0.1) is 28.2 Å². The Bertz CT molecular complexity index is 1760. The van der Waals surface area contributed by atoms with Gasteiger partial charge < -0.3 is 9.33 Å². The van der Waals surface area contributed by atoms with Gasteiger partial charge in [-0.05, 0) is 45.2 Å². The molecule has 0 aliphatic carbocycles. The van der Waals surface area contributed by atoms with Gasteiger partial charge in [0.15, 0.2) is 0 Å². The molecule has 0 atom stereocenters. The van der Waals surface area contributed by atoms with E-state index in [1.807, 2.05) is 36.2 Å². The first-order valence-corrected chi connectivity index (χ1v) is 16.1. The molecule has 216 valence electrons. The summed E-state index contributed by atoms with van der Waals surface area (Å²) in [6, 6.07) is 35.6. The maximum atomic E-state index is 11.7. The van der Waals surface area contributed by atoms with Crippen LogP contribution in [-0.2, 0) is 17.6 Å². The van der Waals surface area contributed by atoms with Crippen molar-refractivity contribution in [2.45, 2.75) is 39.0 Å². The lowest BCUT2D eigenvalue weighted by Crippen LogP contribution is -2.66. The molecular formula is C35H34N4O3Si. The van der Waals surface area contributed by atoms with Gasteiger partial charge in [0, 0.05) is 36.9 Å². The highest BCUT2D eigenvalue weighted by atomic mass is 28.4. The lowest BCUT2D eigenvalue weighted by Gasteiger charge is -2.43. The second-order valence-electron chi connectivity index (χ2n) is 11.7. The predicted octanol–water partition coefficient (Wildman–Crippen LogP) is 6.73. The van der Waals surface area contributed by atoms with Crippen molar-refractivity contribution in [3.05, 3.63) is 136 Å². The maximum absolute atomic E-state index is 11.7. The number of hydrogen-bond acceptors (Lipinski definition) is 6. The summed E-state index contributed by atoms with van der Waals surface area (Å²) in [7, 11) is -0.777. The fourth-order valence-electron chi connectivity index (χ4n) is 5.96. The largest absolute Gasteiger partial charge is 0.402 e. The minimum atomic E-state index is -2.72. The van der Waals surface area contributed by atoms with E-state index in [9.17, 15) is 15.4 Å². The molecule has 0 aliphatic rings. The highest BCUT2D eigenvalue weighted by molar-refractivity contribution is 6.99. The highest BCUT2D eigenvalue weighted by Gasteiger charge is 2.50. The van der Waals surface area contributed by atoms with E-state index >= 15 is 0 Å². The van der Waals surface area contributed by atoms with Crippen LogP contribution in [0.15, 0.2) is 109 Å². The molecule has 7 nitrogen and oxygen atoms in total. The summed E-state index contributed by atoms with van der Waals surface area (Å²) >= 11 is 0. The average Bonchev–Trinajstić information content (AvgIpc) is 3.01. The quantitative estimate of drug-likeness (QED) is 0.108. The Labute approximate surface area is 253 Å². The van der Waals surface area contributed by atoms with Crippen molar-refractivity contribution in [1.29, 1.82) is 5.26 Å². The number of aromatic nitrogens is 1.